The quantitative estimate of drug-likeness (QED) is 0.793. The Morgan fingerprint density at radius 1 is 1.04 bits per heavy atom. The normalized spacial score (nSPS) is 11.6. The zero-order valence-electron chi connectivity index (χ0n) is 13.8. The molecule has 0 bridgehead atoms. The van der Waals surface area contributed by atoms with Gasteiger partial charge in [0.15, 0.2) is 0 Å². The van der Waals surface area contributed by atoms with Crippen LogP contribution in [0.15, 0.2) is 53.0 Å². The Morgan fingerprint density at radius 2 is 1.67 bits per heavy atom. The fourth-order valence-electron chi connectivity index (χ4n) is 2.28. The minimum atomic E-state index is -0.266. The lowest BCUT2D eigenvalue weighted by molar-refractivity contribution is -0.120. The number of amides is 2. The van der Waals surface area contributed by atoms with Crippen LogP contribution in [0.4, 0.5) is 0 Å². The molecule has 0 aromatic heterocycles. The molecule has 2 N–H and O–H groups in total. The molecule has 2 amide bonds. The van der Waals surface area contributed by atoms with Crippen LogP contribution in [0.3, 0.4) is 0 Å². The third-order valence-electron chi connectivity index (χ3n) is 3.78. The number of hydrogen-bond acceptors (Lipinski definition) is 2. The topological polar surface area (TPSA) is 58.2 Å². The zero-order chi connectivity index (χ0) is 17.5. The summed E-state index contributed by atoms with van der Waals surface area (Å²) in [5.74, 6) is -0.481. The van der Waals surface area contributed by atoms with E-state index in [0.717, 1.165) is 16.5 Å². The molecule has 4 nitrogen and oxygen atoms in total. The number of nitrogens with one attached hydrogen (secondary N) is 2. The molecule has 0 aliphatic carbocycles. The molecule has 5 heteroatoms. The van der Waals surface area contributed by atoms with Gasteiger partial charge in [0.1, 0.15) is 0 Å². The minimum Gasteiger partial charge on any atom is -0.348 e. The van der Waals surface area contributed by atoms with Crippen molar-refractivity contribution in [2.45, 2.75) is 26.3 Å². The third kappa shape index (κ3) is 5.20. The van der Waals surface area contributed by atoms with E-state index in [1.165, 1.54) is 5.56 Å². The number of rotatable bonds is 6. The van der Waals surface area contributed by atoms with Crippen LogP contribution in [0.5, 0.6) is 0 Å². The Labute approximate surface area is 150 Å². The van der Waals surface area contributed by atoms with E-state index in [4.69, 9.17) is 0 Å². The van der Waals surface area contributed by atoms with Crippen molar-refractivity contribution in [3.63, 3.8) is 0 Å². The average molecular weight is 389 g/mol. The number of carbonyl (C=O) groups excluding carboxylic acids is 2. The molecule has 0 radical (unpaired) electrons. The van der Waals surface area contributed by atoms with Crippen LogP contribution in [-0.2, 0) is 11.2 Å². The summed E-state index contributed by atoms with van der Waals surface area (Å²) in [5.41, 5.74) is 2.83. The molecule has 24 heavy (non-hydrogen) atoms. The van der Waals surface area contributed by atoms with Gasteiger partial charge in [0.25, 0.3) is 5.91 Å². The van der Waals surface area contributed by atoms with Crippen LogP contribution >= 0.6 is 15.9 Å². The Kier molecular flexibility index (Phi) is 6.55. The molecule has 0 heterocycles. The molecule has 1 unspecified atom stereocenters. The number of aryl methyl sites for hydroxylation is 1. The van der Waals surface area contributed by atoms with Crippen molar-refractivity contribution in [3.05, 3.63) is 69.7 Å². The Bertz CT molecular complexity index is 696. The first-order valence-corrected chi connectivity index (χ1v) is 8.71. The summed E-state index contributed by atoms with van der Waals surface area (Å²) in [6.45, 7) is 3.98. The van der Waals surface area contributed by atoms with Crippen molar-refractivity contribution in [1.29, 1.82) is 0 Å². The van der Waals surface area contributed by atoms with Crippen LogP contribution < -0.4 is 10.6 Å². The lowest BCUT2D eigenvalue weighted by Crippen LogP contribution is -2.38. The lowest BCUT2D eigenvalue weighted by atomic mass is 10.1. The van der Waals surface area contributed by atoms with Crippen molar-refractivity contribution in [2.75, 3.05) is 6.54 Å². The van der Waals surface area contributed by atoms with Gasteiger partial charge in [-0.3, -0.25) is 9.59 Å². The van der Waals surface area contributed by atoms with Crippen molar-refractivity contribution < 1.29 is 9.59 Å². The maximum atomic E-state index is 12.0. The van der Waals surface area contributed by atoms with E-state index in [-0.39, 0.29) is 24.4 Å². The maximum absolute atomic E-state index is 12.0. The van der Waals surface area contributed by atoms with Gasteiger partial charge in [-0.15, -0.1) is 0 Å². The second-order valence-corrected chi connectivity index (χ2v) is 6.49. The molecular weight excluding hydrogens is 368 g/mol. The lowest BCUT2D eigenvalue weighted by Gasteiger charge is -2.15. The molecule has 0 saturated carbocycles. The highest BCUT2D eigenvalue weighted by molar-refractivity contribution is 9.10. The van der Waals surface area contributed by atoms with Crippen LogP contribution in [0.1, 0.15) is 41.4 Å². The van der Waals surface area contributed by atoms with E-state index in [1.807, 2.05) is 19.1 Å². The zero-order valence-corrected chi connectivity index (χ0v) is 15.4. The van der Waals surface area contributed by atoms with E-state index in [2.05, 4.69) is 45.6 Å². The van der Waals surface area contributed by atoms with Gasteiger partial charge in [0.2, 0.25) is 5.91 Å². The molecule has 0 saturated heterocycles. The molecule has 126 valence electrons. The molecule has 0 spiro atoms. The van der Waals surface area contributed by atoms with Gasteiger partial charge in [-0.25, -0.2) is 0 Å². The first-order valence-electron chi connectivity index (χ1n) is 7.91. The molecule has 2 aromatic carbocycles. The highest BCUT2D eigenvalue weighted by atomic mass is 79.9. The number of benzene rings is 2. The fourth-order valence-corrected chi connectivity index (χ4v) is 2.55. The van der Waals surface area contributed by atoms with Crippen LogP contribution in [0.25, 0.3) is 0 Å². The summed E-state index contributed by atoms with van der Waals surface area (Å²) in [5, 5.41) is 5.52. The summed E-state index contributed by atoms with van der Waals surface area (Å²) in [7, 11) is 0. The summed E-state index contributed by atoms with van der Waals surface area (Å²) >= 11 is 3.32. The molecule has 2 aromatic rings. The molecular formula is C19H21BrN2O2. The van der Waals surface area contributed by atoms with Gasteiger partial charge in [0, 0.05) is 10.0 Å². The SMILES string of the molecule is CCc1ccc(C(C)NC(=O)CNC(=O)c2ccc(Br)cc2)cc1. The third-order valence-corrected chi connectivity index (χ3v) is 4.31. The van der Waals surface area contributed by atoms with Gasteiger partial charge in [-0.1, -0.05) is 47.1 Å². The number of halogens is 1. The molecule has 0 fully saturated rings. The van der Waals surface area contributed by atoms with Crippen LogP contribution in [-0.4, -0.2) is 18.4 Å². The molecule has 1 atom stereocenters. The highest BCUT2D eigenvalue weighted by Gasteiger charge is 2.11. The van der Waals surface area contributed by atoms with Crippen molar-refractivity contribution >= 4 is 27.7 Å². The summed E-state index contributed by atoms with van der Waals surface area (Å²) < 4.78 is 0.903. The first-order chi connectivity index (χ1) is 11.5. The second kappa shape index (κ2) is 8.64. The van der Waals surface area contributed by atoms with E-state index >= 15 is 0 Å². The summed E-state index contributed by atoms with van der Waals surface area (Å²) in [6, 6.07) is 15.0. The van der Waals surface area contributed by atoms with Gasteiger partial charge < -0.3 is 10.6 Å². The van der Waals surface area contributed by atoms with E-state index in [1.54, 1.807) is 24.3 Å². The minimum absolute atomic E-state index is 0.0493. The van der Waals surface area contributed by atoms with Gasteiger partial charge >= 0.3 is 0 Å². The largest absolute Gasteiger partial charge is 0.348 e. The predicted octanol–water partition coefficient (Wildman–Crippen LogP) is 3.62. The standard InChI is InChI=1S/C19H21BrN2O2/c1-3-14-4-6-15(7-5-14)13(2)22-18(23)12-21-19(24)16-8-10-17(20)11-9-16/h4-11,13H,3,12H2,1-2H3,(H,21,24)(H,22,23). The van der Waals surface area contributed by atoms with Crippen molar-refractivity contribution in [2.24, 2.45) is 0 Å². The maximum Gasteiger partial charge on any atom is 0.251 e. The Morgan fingerprint density at radius 3 is 2.25 bits per heavy atom. The fraction of sp³-hybridized carbons (Fsp3) is 0.263. The highest BCUT2D eigenvalue weighted by Crippen LogP contribution is 2.13. The van der Waals surface area contributed by atoms with Crippen LogP contribution in [0.2, 0.25) is 0 Å². The van der Waals surface area contributed by atoms with Gasteiger partial charge in [-0.2, -0.15) is 0 Å². The average Bonchev–Trinajstić information content (AvgIpc) is 2.60. The molecule has 2 rings (SSSR count). The van der Waals surface area contributed by atoms with Crippen molar-refractivity contribution in [3.8, 4) is 0 Å². The number of carbonyl (C=O) groups is 2. The van der Waals surface area contributed by atoms with Crippen molar-refractivity contribution in [1.82, 2.24) is 10.6 Å². The van der Waals surface area contributed by atoms with Gasteiger partial charge in [0.05, 0.1) is 12.6 Å². The van der Waals surface area contributed by atoms with Crippen LogP contribution in [0, 0.1) is 0 Å². The Balaban J connectivity index is 1.83. The van der Waals surface area contributed by atoms with E-state index < -0.39 is 0 Å². The van der Waals surface area contributed by atoms with Gasteiger partial charge in [-0.05, 0) is 48.7 Å². The van der Waals surface area contributed by atoms with E-state index in [9.17, 15) is 9.59 Å². The number of hydrogen-bond donors (Lipinski definition) is 2. The molecule has 0 aliphatic rings. The monoisotopic (exact) mass is 388 g/mol. The smallest absolute Gasteiger partial charge is 0.251 e. The van der Waals surface area contributed by atoms with E-state index in [0.29, 0.717) is 5.56 Å². The predicted molar refractivity (Wildman–Crippen MR) is 98.9 cm³/mol. The first kappa shape index (κ1) is 18.2. The Hall–Kier alpha value is -2.14. The second-order valence-electron chi connectivity index (χ2n) is 5.57. The summed E-state index contributed by atoms with van der Waals surface area (Å²) in [6.07, 6.45) is 0.989. The molecule has 0 aliphatic heterocycles. The summed E-state index contributed by atoms with van der Waals surface area (Å²) in [4.78, 5) is 24.0.